The first-order chi connectivity index (χ1) is 6.99. The highest BCUT2D eigenvalue weighted by Gasteiger charge is 2.23. The molecule has 0 N–H and O–H groups in total. The number of sulfonamides is 1. The van der Waals surface area contributed by atoms with Crippen molar-refractivity contribution in [3.63, 3.8) is 0 Å². The lowest BCUT2D eigenvalue weighted by Gasteiger charge is -2.23. The quantitative estimate of drug-likeness (QED) is 0.801. The third-order valence-corrected chi connectivity index (χ3v) is 5.56. The fourth-order valence-corrected chi connectivity index (χ4v) is 3.64. The molecule has 3 nitrogen and oxygen atoms in total. The van der Waals surface area contributed by atoms with Crippen LogP contribution in [-0.4, -0.2) is 25.5 Å². The van der Waals surface area contributed by atoms with Crippen molar-refractivity contribution >= 4 is 21.4 Å². The van der Waals surface area contributed by atoms with Crippen LogP contribution in [0.2, 0.25) is 0 Å². The van der Waals surface area contributed by atoms with Crippen LogP contribution < -0.4 is 0 Å². The van der Waals surface area contributed by atoms with Crippen LogP contribution in [-0.2, 0) is 10.0 Å². The van der Waals surface area contributed by atoms with Crippen molar-refractivity contribution in [2.75, 3.05) is 12.8 Å². The first-order valence-corrected chi connectivity index (χ1v) is 7.47. The highest BCUT2D eigenvalue weighted by Crippen LogP contribution is 2.25. The molecule has 0 bridgehead atoms. The Hall–Kier alpha value is -0.390. The summed E-state index contributed by atoms with van der Waals surface area (Å²) in [5.74, 6) is 0.221. The molecule has 15 heavy (non-hydrogen) atoms. The minimum atomic E-state index is -3.10. The first-order valence-electron chi connectivity index (χ1n) is 4.98. The molecule has 0 saturated heterocycles. The highest BCUT2D eigenvalue weighted by atomic mass is 32.2. The number of rotatable bonds is 5. The molecule has 0 spiro atoms. The van der Waals surface area contributed by atoms with Gasteiger partial charge < -0.3 is 0 Å². The lowest BCUT2D eigenvalue weighted by atomic mass is 10.3. The Morgan fingerprint density at radius 1 is 1.53 bits per heavy atom. The van der Waals surface area contributed by atoms with Gasteiger partial charge in [-0.15, -0.1) is 11.3 Å². The van der Waals surface area contributed by atoms with Gasteiger partial charge in [0.2, 0.25) is 10.0 Å². The Labute approximate surface area is 95.8 Å². The van der Waals surface area contributed by atoms with Gasteiger partial charge in [-0.25, -0.2) is 8.42 Å². The predicted octanol–water partition coefficient (Wildman–Crippen LogP) is 2.48. The van der Waals surface area contributed by atoms with Crippen LogP contribution >= 0.6 is 11.3 Å². The second-order valence-electron chi connectivity index (χ2n) is 3.52. The van der Waals surface area contributed by atoms with Crippen LogP contribution in [0, 0.1) is 0 Å². The molecule has 1 unspecified atom stereocenters. The molecule has 0 aliphatic heterocycles. The summed E-state index contributed by atoms with van der Waals surface area (Å²) in [6.45, 7) is 3.79. The van der Waals surface area contributed by atoms with E-state index >= 15 is 0 Å². The van der Waals surface area contributed by atoms with Gasteiger partial charge in [-0.1, -0.05) is 13.0 Å². The largest absolute Gasteiger partial charge is 0.214 e. The zero-order valence-corrected chi connectivity index (χ0v) is 10.9. The Morgan fingerprint density at radius 3 is 2.67 bits per heavy atom. The molecule has 0 aliphatic carbocycles. The summed E-state index contributed by atoms with van der Waals surface area (Å²) in [7, 11) is -1.45. The summed E-state index contributed by atoms with van der Waals surface area (Å²) in [4.78, 5) is 1.08. The van der Waals surface area contributed by atoms with Crippen molar-refractivity contribution < 1.29 is 8.42 Å². The van der Waals surface area contributed by atoms with Gasteiger partial charge in [-0.2, -0.15) is 4.31 Å². The van der Waals surface area contributed by atoms with Crippen molar-refractivity contribution in [3.05, 3.63) is 22.4 Å². The normalized spacial score (nSPS) is 14.4. The Balaban J connectivity index is 2.81. The van der Waals surface area contributed by atoms with E-state index in [2.05, 4.69) is 0 Å². The van der Waals surface area contributed by atoms with Gasteiger partial charge >= 0.3 is 0 Å². The zero-order chi connectivity index (χ0) is 11.5. The van der Waals surface area contributed by atoms with Gasteiger partial charge in [0, 0.05) is 11.9 Å². The maximum atomic E-state index is 11.8. The van der Waals surface area contributed by atoms with E-state index in [1.165, 1.54) is 4.31 Å². The van der Waals surface area contributed by atoms with Crippen LogP contribution in [0.4, 0.5) is 0 Å². The number of hydrogen-bond acceptors (Lipinski definition) is 3. The number of nitrogens with zero attached hydrogens (tertiary/aromatic N) is 1. The summed E-state index contributed by atoms with van der Waals surface area (Å²) in [6.07, 6.45) is 0.657. The summed E-state index contributed by atoms with van der Waals surface area (Å²) < 4.78 is 25.1. The van der Waals surface area contributed by atoms with Crippen LogP contribution in [0.3, 0.4) is 0 Å². The smallest absolute Gasteiger partial charge is 0.212 e. The monoisotopic (exact) mass is 247 g/mol. The maximum Gasteiger partial charge on any atom is 0.214 e. The van der Waals surface area contributed by atoms with Crippen LogP contribution in [0.25, 0.3) is 0 Å². The third kappa shape index (κ3) is 3.03. The lowest BCUT2D eigenvalue weighted by Crippen LogP contribution is -2.31. The second-order valence-corrected chi connectivity index (χ2v) is 6.65. The molecule has 0 fully saturated rings. The molecule has 1 heterocycles. The third-order valence-electron chi connectivity index (χ3n) is 2.40. The van der Waals surface area contributed by atoms with Crippen molar-refractivity contribution in [1.29, 1.82) is 0 Å². The van der Waals surface area contributed by atoms with Crippen LogP contribution in [0.1, 0.15) is 31.2 Å². The van der Waals surface area contributed by atoms with Crippen LogP contribution in [0.15, 0.2) is 17.5 Å². The second kappa shape index (κ2) is 5.09. The van der Waals surface area contributed by atoms with Gasteiger partial charge in [0.15, 0.2) is 0 Å². The SMILES string of the molecule is CCCS(=O)(=O)N(C)C(C)c1cccs1. The number of thiophene rings is 1. The number of hydrogen-bond donors (Lipinski definition) is 0. The van der Waals surface area contributed by atoms with Crippen molar-refractivity contribution in [3.8, 4) is 0 Å². The van der Waals surface area contributed by atoms with Gasteiger partial charge in [-0.05, 0) is 24.8 Å². The van der Waals surface area contributed by atoms with Gasteiger partial charge in [0.05, 0.1) is 11.8 Å². The molecule has 86 valence electrons. The lowest BCUT2D eigenvalue weighted by molar-refractivity contribution is 0.402. The fraction of sp³-hybridized carbons (Fsp3) is 0.600. The summed E-state index contributed by atoms with van der Waals surface area (Å²) in [6, 6.07) is 3.84. The summed E-state index contributed by atoms with van der Waals surface area (Å²) >= 11 is 1.59. The topological polar surface area (TPSA) is 37.4 Å². The van der Waals surface area contributed by atoms with E-state index in [0.29, 0.717) is 6.42 Å². The molecule has 0 aromatic carbocycles. The molecule has 5 heteroatoms. The molecule has 0 saturated carbocycles. The van der Waals surface area contributed by atoms with Crippen LogP contribution in [0.5, 0.6) is 0 Å². The van der Waals surface area contributed by atoms with E-state index in [1.54, 1.807) is 18.4 Å². The van der Waals surface area contributed by atoms with Gasteiger partial charge in [0.25, 0.3) is 0 Å². The van der Waals surface area contributed by atoms with Gasteiger partial charge in [-0.3, -0.25) is 0 Å². The summed E-state index contributed by atoms with van der Waals surface area (Å²) in [5, 5.41) is 1.96. The first kappa shape index (κ1) is 12.7. The molecule has 0 aliphatic rings. The Bertz CT molecular complexity index is 384. The van der Waals surface area contributed by atoms with Crippen molar-refractivity contribution in [2.45, 2.75) is 26.3 Å². The molecule has 0 amide bonds. The summed E-state index contributed by atoms with van der Waals surface area (Å²) in [5.41, 5.74) is 0. The molecule has 1 rings (SSSR count). The van der Waals surface area contributed by atoms with E-state index in [1.807, 2.05) is 31.4 Å². The van der Waals surface area contributed by atoms with E-state index in [9.17, 15) is 8.42 Å². The van der Waals surface area contributed by atoms with E-state index in [-0.39, 0.29) is 11.8 Å². The minimum Gasteiger partial charge on any atom is -0.212 e. The highest BCUT2D eigenvalue weighted by molar-refractivity contribution is 7.89. The molecule has 1 aromatic heterocycles. The van der Waals surface area contributed by atoms with E-state index in [4.69, 9.17) is 0 Å². The fourth-order valence-electron chi connectivity index (χ4n) is 1.35. The Morgan fingerprint density at radius 2 is 2.20 bits per heavy atom. The van der Waals surface area contributed by atoms with Crippen molar-refractivity contribution in [1.82, 2.24) is 4.31 Å². The Kier molecular flexibility index (Phi) is 4.31. The van der Waals surface area contributed by atoms with Gasteiger partial charge in [0.1, 0.15) is 0 Å². The van der Waals surface area contributed by atoms with E-state index < -0.39 is 10.0 Å². The standard InChI is InChI=1S/C10H17NO2S2/c1-4-8-15(12,13)11(3)9(2)10-6-5-7-14-10/h5-7,9H,4,8H2,1-3H3. The van der Waals surface area contributed by atoms with E-state index in [0.717, 1.165) is 4.88 Å². The molecular formula is C10H17NO2S2. The molecule has 1 aromatic rings. The minimum absolute atomic E-state index is 0.0680. The maximum absolute atomic E-state index is 11.8. The molecule has 1 atom stereocenters. The predicted molar refractivity (Wildman–Crippen MR) is 64.6 cm³/mol. The van der Waals surface area contributed by atoms with Crippen molar-refractivity contribution in [2.24, 2.45) is 0 Å². The zero-order valence-electron chi connectivity index (χ0n) is 9.30. The molecule has 0 radical (unpaired) electrons. The average molecular weight is 247 g/mol. The average Bonchev–Trinajstić information content (AvgIpc) is 2.68. The molecular weight excluding hydrogens is 230 g/mol.